The number of aliphatic hydroxyl groups excluding tert-OH is 7. The van der Waals surface area contributed by atoms with Gasteiger partial charge in [-0.15, -0.1) is 0 Å². The molecule has 0 spiro atoms. The SMILES string of the molecule is CC/C=C\C/C=C\C/C=C\C/C=C\CCCCCCCCCCCCC(=O)OC(COCCCCCCCCCCCCCCCC)COC1OC(COC2OC(CO)C(O)C(O)C2O)C(O)C(O)C1O. The Balaban J connectivity index is 1.71. The maximum atomic E-state index is 13.1. The lowest BCUT2D eigenvalue weighted by Gasteiger charge is -2.42. The number of unbranched alkanes of at least 4 members (excludes halogenated alkanes) is 23. The Kier molecular flexibility index (Phi) is 40.6. The van der Waals surface area contributed by atoms with Crippen molar-refractivity contribution in [3.63, 3.8) is 0 Å². The zero-order valence-electron chi connectivity index (χ0n) is 44.2. The first-order valence-corrected chi connectivity index (χ1v) is 28.2. The second-order valence-corrected chi connectivity index (χ2v) is 19.7. The fourth-order valence-corrected chi connectivity index (χ4v) is 8.81. The maximum Gasteiger partial charge on any atom is 0.306 e. The van der Waals surface area contributed by atoms with Crippen molar-refractivity contribution < 1.29 is 69.0 Å². The van der Waals surface area contributed by atoms with Crippen LogP contribution in [0.2, 0.25) is 0 Å². The molecule has 2 fully saturated rings. The number of ether oxygens (including phenoxy) is 6. The van der Waals surface area contributed by atoms with Crippen LogP contribution < -0.4 is 0 Å². The van der Waals surface area contributed by atoms with Gasteiger partial charge in [-0.1, -0.05) is 197 Å². The van der Waals surface area contributed by atoms with E-state index in [2.05, 4.69) is 62.5 Å². The molecule has 414 valence electrons. The minimum atomic E-state index is -1.71. The van der Waals surface area contributed by atoms with Crippen LogP contribution in [-0.2, 0) is 33.2 Å². The van der Waals surface area contributed by atoms with Gasteiger partial charge >= 0.3 is 5.97 Å². The van der Waals surface area contributed by atoms with Crippen molar-refractivity contribution >= 4 is 5.97 Å². The van der Waals surface area contributed by atoms with E-state index in [0.717, 1.165) is 70.6 Å². The van der Waals surface area contributed by atoms with Gasteiger partial charge in [0.15, 0.2) is 12.6 Å². The Bertz CT molecular complexity index is 1360. The molecule has 11 unspecified atom stereocenters. The van der Waals surface area contributed by atoms with E-state index in [0.29, 0.717) is 13.0 Å². The summed E-state index contributed by atoms with van der Waals surface area (Å²) >= 11 is 0. The van der Waals surface area contributed by atoms with Gasteiger partial charge in [-0.05, 0) is 51.4 Å². The van der Waals surface area contributed by atoms with Gasteiger partial charge < -0.3 is 64.2 Å². The van der Waals surface area contributed by atoms with Crippen LogP contribution in [0.1, 0.15) is 206 Å². The van der Waals surface area contributed by atoms with Crippen molar-refractivity contribution in [3.05, 3.63) is 48.6 Å². The van der Waals surface area contributed by atoms with Crippen LogP contribution in [0.5, 0.6) is 0 Å². The largest absolute Gasteiger partial charge is 0.457 e. The molecule has 2 saturated heterocycles. The summed E-state index contributed by atoms with van der Waals surface area (Å²) in [5, 5.41) is 72.3. The van der Waals surface area contributed by atoms with Gasteiger partial charge in [0.25, 0.3) is 0 Å². The number of allylic oxidation sites excluding steroid dienone is 8. The predicted octanol–water partition coefficient (Wildman–Crippen LogP) is 9.52. The average Bonchev–Trinajstić information content (AvgIpc) is 3.37. The fraction of sp³-hybridized carbons (Fsp3) is 0.842. The van der Waals surface area contributed by atoms with Crippen LogP contribution >= 0.6 is 0 Å². The van der Waals surface area contributed by atoms with Crippen LogP contribution in [-0.4, -0.2) is 142 Å². The van der Waals surface area contributed by atoms with Crippen molar-refractivity contribution in [1.29, 1.82) is 0 Å². The Hall–Kier alpha value is -2.05. The number of rotatable bonds is 45. The van der Waals surface area contributed by atoms with E-state index in [-0.39, 0.29) is 25.6 Å². The predicted molar refractivity (Wildman–Crippen MR) is 279 cm³/mol. The molecule has 0 aromatic carbocycles. The standard InChI is InChI=1S/C57H102O14/c1-3-5-7-9-11-13-15-17-19-20-21-22-23-24-25-26-27-28-30-32-34-36-38-40-49(59)69-46(43-66-41-39-37-35-33-31-29-18-16-14-12-10-8-6-4-2)44-67-56-55(65)53(63)51(61)48(71-56)45-68-57-54(64)52(62)50(60)47(42-58)70-57/h5,7,11,13,17,19,21-22,46-48,50-58,60-65H,3-4,6,8-10,12,14-16,18,20,23-45H2,1-2H3/b7-5-,13-11-,19-17-,22-21-. The molecular formula is C57H102O14. The van der Waals surface area contributed by atoms with Crippen LogP contribution in [0.4, 0.5) is 0 Å². The van der Waals surface area contributed by atoms with Crippen molar-refractivity contribution in [3.8, 4) is 0 Å². The Morgan fingerprint density at radius 3 is 1.44 bits per heavy atom. The molecule has 71 heavy (non-hydrogen) atoms. The lowest BCUT2D eigenvalue weighted by atomic mass is 9.98. The van der Waals surface area contributed by atoms with Crippen molar-refractivity contribution in [2.75, 3.05) is 33.0 Å². The summed E-state index contributed by atoms with van der Waals surface area (Å²) in [6.07, 6.45) is 35.9. The molecule has 2 heterocycles. The summed E-state index contributed by atoms with van der Waals surface area (Å²) in [5.41, 5.74) is 0. The molecule has 11 atom stereocenters. The molecule has 0 bridgehead atoms. The summed E-state index contributed by atoms with van der Waals surface area (Å²) in [4.78, 5) is 13.1. The van der Waals surface area contributed by atoms with Crippen molar-refractivity contribution in [2.45, 2.75) is 274 Å². The molecule has 0 aromatic heterocycles. The van der Waals surface area contributed by atoms with E-state index in [1.807, 2.05) is 0 Å². The smallest absolute Gasteiger partial charge is 0.306 e. The fourth-order valence-electron chi connectivity index (χ4n) is 8.81. The molecule has 2 aliphatic heterocycles. The van der Waals surface area contributed by atoms with Gasteiger partial charge in [-0.2, -0.15) is 0 Å². The summed E-state index contributed by atoms with van der Waals surface area (Å²) in [7, 11) is 0. The molecule has 0 amide bonds. The summed E-state index contributed by atoms with van der Waals surface area (Å²) in [6, 6.07) is 0. The van der Waals surface area contributed by atoms with Gasteiger partial charge in [-0.3, -0.25) is 4.79 Å². The number of aliphatic hydroxyl groups is 7. The van der Waals surface area contributed by atoms with E-state index in [1.54, 1.807) is 0 Å². The summed E-state index contributed by atoms with van der Waals surface area (Å²) < 4.78 is 34.4. The number of carbonyl (C=O) groups is 1. The third kappa shape index (κ3) is 31.4. The highest BCUT2D eigenvalue weighted by Gasteiger charge is 2.47. The average molecular weight is 1010 g/mol. The van der Waals surface area contributed by atoms with Crippen LogP contribution in [0.3, 0.4) is 0 Å². The lowest BCUT2D eigenvalue weighted by Crippen LogP contribution is -2.61. The summed E-state index contributed by atoms with van der Waals surface area (Å²) in [5.74, 6) is -0.379. The molecule has 14 nitrogen and oxygen atoms in total. The van der Waals surface area contributed by atoms with E-state index < -0.39 is 80.7 Å². The second-order valence-electron chi connectivity index (χ2n) is 19.7. The lowest BCUT2D eigenvalue weighted by molar-refractivity contribution is -0.332. The van der Waals surface area contributed by atoms with Gasteiger partial charge in [0.2, 0.25) is 0 Å². The zero-order valence-corrected chi connectivity index (χ0v) is 44.2. The van der Waals surface area contributed by atoms with Crippen LogP contribution in [0.25, 0.3) is 0 Å². The monoisotopic (exact) mass is 1010 g/mol. The van der Waals surface area contributed by atoms with Gasteiger partial charge in [0, 0.05) is 13.0 Å². The number of carbonyl (C=O) groups excluding carboxylic acids is 1. The van der Waals surface area contributed by atoms with Crippen molar-refractivity contribution in [2.24, 2.45) is 0 Å². The quantitative estimate of drug-likeness (QED) is 0.0172. The van der Waals surface area contributed by atoms with E-state index >= 15 is 0 Å². The Morgan fingerprint density at radius 2 is 0.915 bits per heavy atom. The molecule has 0 aromatic rings. The van der Waals surface area contributed by atoms with E-state index in [1.165, 1.54) is 109 Å². The van der Waals surface area contributed by atoms with Gasteiger partial charge in [0.05, 0.1) is 26.4 Å². The number of esters is 1. The highest BCUT2D eigenvalue weighted by Crippen LogP contribution is 2.26. The molecule has 0 aliphatic carbocycles. The first kappa shape index (κ1) is 65.1. The first-order valence-electron chi connectivity index (χ1n) is 28.2. The highest BCUT2D eigenvalue weighted by molar-refractivity contribution is 5.69. The van der Waals surface area contributed by atoms with Gasteiger partial charge in [0.1, 0.15) is 54.9 Å². The molecule has 14 heteroatoms. The number of hydrogen-bond acceptors (Lipinski definition) is 14. The topological polar surface area (TPSA) is 214 Å². The highest BCUT2D eigenvalue weighted by atomic mass is 16.7. The Labute approximate surface area is 429 Å². The molecule has 0 saturated carbocycles. The molecule has 2 aliphatic rings. The van der Waals surface area contributed by atoms with Gasteiger partial charge in [-0.25, -0.2) is 0 Å². The van der Waals surface area contributed by atoms with Crippen LogP contribution in [0.15, 0.2) is 48.6 Å². The van der Waals surface area contributed by atoms with Crippen molar-refractivity contribution in [1.82, 2.24) is 0 Å². The van der Waals surface area contributed by atoms with E-state index in [9.17, 15) is 40.5 Å². The minimum Gasteiger partial charge on any atom is -0.457 e. The molecule has 0 radical (unpaired) electrons. The third-order valence-electron chi connectivity index (χ3n) is 13.4. The third-order valence-corrected chi connectivity index (χ3v) is 13.4. The Morgan fingerprint density at radius 1 is 0.479 bits per heavy atom. The molecular weight excluding hydrogens is 909 g/mol. The second kappa shape index (κ2) is 44.3. The first-order chi connectivity index (χ1) is 34.6. The minimum absolute atomic E-state index is 0.0618. The van der Waals surface area contributed by atoms with Crippen LogP contribution in [0, 0.1) is 0 Å². The zero-order chi connectivity index (χ0) is 51.6. The normalized spacial score (nSPS) is 25.6. The molecule has 7 N–H and O–H groups in total. The summed E-state index contributed by atoms with van der Waals surface area (Å²) in [6.45, 7) is 3.59. The molecule has 2 rings (SSSR count). The number of hydrogen-bond donors (Lipinski definition) is 7. The van der Waals surface area contributed by atoms with E-state index in [4.69, 9.17) is 28.4 Å². The maximum absolute atomic E-state index is 13.1.